The molecule has 17 heteroatoms. The van der Waals surface area contributed by atoms with Crippen molar-refractivity contribution in [3.63, 3.8) is 0 Å². The van der Waals surface area contributed by atoms with Gasteiger partial charge in [-0.05, 0) is 55.0 Å². The summed E-state index contributed by atoms with van der Waals surface area (Å²) in [5.41, 5.74) is 16.9. The number of hydrogen-bond donors (Lipinski definition) is 6. The number of amides is 2. The first-order valence-electron chi connectivity index (χ1n) is 17.7. The lowest BCUT2D eigenvalue weighted by molar-refractivity contribution is -0.189. The van der Waals surface area contributed by atoms with E-state index >= 15 is 0 Å². The van der Waals surface area contributed by atoms with Crippen molar-refractivity contribution in [3.8, 4) is 0 Å². The van der Waals surface area contributed by atoms with E-state index in [4.69, 9.17) is 16.3 Å². The van der Waals surface area contributed by atoms with Crippen molar-refractivity contribution in [1.29, 1.82) is 0 Å². The van der Waals surface area contributed by atoms with Crippen LogP contribution in [0.15, 0.2) is 65.9 Å². The molecular formula is C37H47N11O6. The summed E-state index contributed by atoms with van der Waals surface area (Å²) in [5.74, 6) is -1.91. The number of hydrogen-bond acceptors (Lipinski definition) is 14. The van der Waals surface area contributed by atoms with Gasteiger partial charge < -0.3 is 31.9 Å². The van der Waals surface area contributed by atoms with Crippen LogP contribution in [0, 0.1) is 5.92 Å². The lowest BCUT2D eigenvalue weighted by Crippen LogP contribution is -2.44. The Morgan fingerprint density at radius 3 is 2.54 bits per heavy atom. The van der Waals surface area contributed by atoms with Crippen molar-refractivity contribution in [2.75, 3.05) is 30.0 Å². The molecule has 3 atom stereocenters. The topological polar surface area (TPSA) is 247 Å². The van der Waals surface area contributed by atoms with Crippen molar-refractivity contribution in [3.05, 3.63) is 77.6 Å². The number of hydrazone groups is 1. The molecule has 8 N–H and O–H groups in total. The fourth-order valence-electron chi connectivity index (χ4n) is 6.59. The molecule has 4 aromatic rings. The molecule has 0 bridgehead atoms. The molecule has 2 aromatic carbocycles. The number of aliphatic hydroxyl groups excluding tert-OH is 1. The zero-order valence-corrected chi connectivity index (χ0v) is 30.6. The number of hydroxylamine groups is 2. The maximum Gasteiger partial charge on any atom is 0.326 e. The summed E-state index contributed by atoms with van der Waals surface area (Å²) < 4.78 is 0. The molecule has 54 heavy (non-hydrogen) atoms. The van der Waals surface area contributed by atoms with Gasteiger partial charge in [-0.2, -0.15) is 20.1 Å². The minimum absolute atomic E-state index is 0.000969. The molecule has 0 saturated carbocycles. The number of benzene rings is 2. The molecule has 1 unspecified atom stereocenters. The molecule has 3 heterocycles. The predicted molar refractivity (Wildman–Crippen MR) is 203 cm³/mol. The second kappa shape index (κ2) is 17.8. The minimum Gasteiger partial charge on any atom is -0.480 e. The normalized spacial score (nSPS) is 17.9. The minimum atomic E-state index is -1.31. The van der Waals surface area contributed by atoms with Gasteiger partial charge in [0.2, 0.25) is 11.9 Å². The number of fused-ring (bicyclic) bond motifs is 1. The summed E-state index contributed by atoms with van der Waals surface area (Å²) >= 11 is 0. The van der Waals surface area contributed by atoms with E-state index in [-0.39, 0.29) is 36.8 Å². The molecular weight excluding hydrogens is 694 g/mol. The van der Waals surface area contributed by atoms with E-state index in [9.17, 15) is 24.6 Å². The van der Waals surface area contributed by atoms with Crippen molar-refractivity contribution in [2.24, 2.45) is 11.0 Å². The van der Waals surface area contributed by atoms with Gasteiger partial charge in [0.25, 0.3) is 5.91 Å². The number of aliphatic carboxylic acids is 1. The van der Waals surface area contributed by atoms with Gasteiger partial charge >= 0.3 is 5.97 Å². The van der Waals surface area contributed by atoms with E-state index in [1.165, 1.54) is 6.21 Å². The summed E-state index contributed by atoms with van der Waals surface area (Å²) in [6, 6.07) is 15.2. The third-order valence-corrected chi connectivity index (χ3v) is 9.07. The zero-order valence-electron chi connectivity index (χ0n) is 30.6. The largest absolute Gasteiger partial charge is 0.480 e. The van der Waals surface area contributed by atoms with Crippen LogP contribution in [0.5, 0.6) is 0 Å². The van der Waals surface area contributed by atoms with Gasteiger partial charge in [-0.1, -0.05) is 44.2 Å². The molecule has 17 nitrogen and oxygen atoms in total. The highest BCUT2D eigenvalue weighted by molar-refractivity contribution is 5.97. The van der Waals surface area contributed by atoms with E-state index in [2.05, 4.69) is 49.6 Å². The fourth-order valence-corrected chi connectivity index (χ4v) is 6.59. The molecule has 286 valence electrons. The lowest BCUT2D eigenvalue weighted by atomic mass is 9.82. The SMILES string of the molecule is CC(C)C[C@]1(CCO)CC(/C=N/NC(=O)CC[C@H](NC(=O)c2ccc(N(C)Cc3cnc4nc(N)nc(N)c4n3)cc2)C(=O)O)ON1Cc1ccccc1. The van der Waals surface area contributed by atoms with Crippen LogP contribution >= 0.6 is 0 Å². The van der Waals surface area contributed by atoms with Crippen LogP contribution in [-0.4, -0.2) is 90.5 Å². The van der Waals surface area contributed by atoms with Crippen LogP contribution < -0.4 is 27.1 Å². The van der Waals surface area contributed by atoms with Crippen LogP contribution in [0.3, 0.4) is 0 Å². The van der Waals surface area contributed by atoms with Crippen molar-refractivity contribution in [1.82, 2.24) is 35.7 Å². The number of carboxylic acids is 1. The summed E-state index contributed by atoms with van der Waals surface area (Å²) in [6.45, 7) is 5.13. The highest BCUT2D eigenvalue weighted by Crippen LogP contribution is 2.40. The third kappa shape index (κ3) is 10.2. The lowest BCUT2D eigenvalue weighted by Gasteiger charge is -2.37. The smallest absolute Gasteiger partial charge is 0.326 e. The van der Waals surface area contributed by atoms with Gasteiger partial charge in [0.15, 0.2) is 17.0 Å². The highest BCUT2D eigenvalue weighted by Gasteiger charge is 2.46. The summed E-state index contributed by atoms with van der Waals surface area (Å²) in [5, 5.41) is 28.3. The Kier molecular flexibility index (Phi) is 13.0. The quantitative estimate of drug-likeness (QED) is 0.0673. The molecule has 0 spiro atoms. The number of aromatic nitrogens is 4. The Labute approximate surface area is 312 Å². The van der Waals surface area contributed by atoms with E-state index in [0.29, 0.717) is 48.7 Å². The number of aliphatic hydroxyl groups is 1. The Morgan fingerprint density at radius 1 is 1.11 bits per heavy atom. The molecule has 0 radical (unpaired) electrons. The molecule has 1 saturated heterocycles. The summed E-state index contributed by atoms with van der Waals surface area (Å²) in [7, 11) is 1.83. The Bertz CT molecular complexity index is 1950. The van der Waals surface area contributed by atoms with Crippen molar-refractivity contribution >= 4 is 52.6 Å². The number of nitrogens with one attached hydrogen (secondary N) is 2. The standard InChI is InChI=1S/C37H47N11O6/c1-23(2)17-37(15-16-49)18-28(54-48(37)21-24-7-5-4-6-8-24)20-41-46-30(50)14-13-29(35(52)53)43-34(51)25-9-11-27(12-10-25)47(3)22-26-19-40-33-31(42-26)32(38)44-36(39)45-33/h4-12,19-20,23,28-29,49H,13-18,21-22H2,1-3H3,(H,43,51)(H,46,50)(H,52,53)(H4,38,39,40,44,45)/b41-20+/t28?,29-,37+/m0/s1. The molecule has 0 aliphatic carbocycles. The summed E-state index contributed by atoms with van der Waals surface area (Å²) in [6.07, 6.45) is 4.17. The van der Waals surface area contributed by atoms with Crippen molar-refractivity contribution in [2.45, 2.75) is 76.7 Å². The van der Waals surface area contributed by atoms with Crippen LogP contribution in [0.1, 0.15) is 67.6 Å². The van der Waals surface area contributed by atoms with Crippen LogP contribution in [0.4, 0.5) is 17.5 Å². The number of carbonyl (C=O) groups excluding carboxylic acids is 2. The molecule has 2 amide bonds. The van der Waals surface area contributed by atoms with E-state index < -0.39 is 35.5 Å². The molecule has 5 rings (SSSR count). The average Bonchev–Trinajstić information content (AvgIpc) is 3.45. The number of carboxylic acid groups (broad SMARTS) is 1. The van der Waals surface area contributed by atoms with Crippen molar-refractivity contribution < 1.29 is 29.4 Å². The molecule has 1 aliphatic rings. The highest BCUT2D eigenvalue weighted by atomic mass is 16.7. The van der Waals surface area contributed by atoms with Gasteiger partial charge in [-0.15, -0.1) is 0 Å². The number of rotatable bonds is 17. The summed E-state index contributed by atoms with van der Waals surface area (Å²) in [4.78, 5) is 62.5. The maximum absolute atomic E-state index is 13.0. The second-order valence-electron chi connectivity index (χ2n) is 13.8. The number of nitrogen functional groups attached to an aromatic ring is 2. The zero-order chi connectivity index (χ0) is 38.8. The number of nitrogens with zero attached hydrogens (tertiary/aromatic N) is 7. The molecule has 1 aliphatic heterocycles. The van der Waals surface area contributed by atoms with Gasteiger partial charge in [0, 0.05) is 44.3 Å². The number of carbonyl (C=O) groups is 3. The van der Waals surface area contributed by atoms with Gasteiger partial charge in [-0.25, -0.2) is 20.2 Å². The third-order valence-electron chi connectivity index (χ3n) is 9.07. The van der Waals surface area contributed by atoms with Gasteiger partial charge in [-0.3, -0.25) is 14.4 Å². The maximum atomic E-state index is 13.0. The number of nitrogens with two attached hydrogens (primary N) is 2. The molecule has 2 aromatic heterocycles. The first kappa shape index (κ1) is 39.4. The Hall–Kier alpha value is -5.78. The van der Waals surface area contributed by atoms with E-state index in [0.717, 1.165) is 17.7 Å². The van der Waals surface area contributed by atoms with E-state index in [1.807, 2.05) is 47.3 Å². The van der Waals surface area contributed by atoms with Gasteiger partial charge in [0.1, 0.15) is 12.1 Å². The molecule has 1 fully saturated rings. The fraction of sp³-hybridized carbons (Fsp3) is 0.405. The second-order valence-corrected chi connectivity index (χ2v) is 13.8. The first-order valence-corrected chi connectivity index (χ1v) is 17.7. The average molecular weight is 742 g/mol. The van der Waals surface area contributed by atoms with Crippen LogP contribution in [-0.2, 0) is 27.5 Å². The predicted octanol–water partition coefficient (Wildman–Crippen LogP) is 2.66. The monoisotopic (exact) mass is 741 g/mol. The van der Waals surface area contributed by atoms with Gasteiger partial charge in [0.05, 0.1) is 30.2 Å². The first-order chi connectivity index (χ1) is 25.9. The van der Waals surface area contributed by atoms with E-state index in [1.54, 1.807) is 30.5 Å². The Morgan fingerprint density at radius 2 is 1.85 bits per heavy atom. The van der Waals surface area contributed by atoms with Crippen LogP contribution in [0.25, 0.3) is 11.2 Å². The Balaban J connectivity index is 1.12. The number of anilines is 3. The van der Waals surface area contributed by atoms with Crippen LogP contribution in [0.2, 0.25) is 0 Å².